The van der Waals surface area contributed by atoms with Gasteiger partial charge >= 0.3 is 0 Å². The number of nitrogen functional groups attached to an aromatic ring is 1. The molecule has 0 spiro atoms. The van der Waals surface area contributed by atoms with Gasteiger partial charge in [0.15, 0.2) is 5.82 Å². The Morgan fingerprint density at radius 2 is 2.19 bits per heavy atom. The standard InChI is InChI=1S/C12H13N3S/c1-7-5-6-16-10(7)12-14-9-4-2-3-8(9)11(13)15-12/h5-6H,2-4H2,1H3,(H2,13,14,15). The summed E-state index contributed by atoms with van der Waals surface area (Å²) in [7, 11) is 0. The fraction of sp³-hybridized carbons (Fsp3) is 0.333. The Bertz CT molecular complexity index is 545. The smallest absolute Gasteiger partial charge is 0.172 e. The fourth-order valence-electron chi connectivity index (χ4n) is 2.16. The Morgan fingerprint density at radius 3 is 2.94 bits per heavy atom. The maximum absolute atomic E-state index is 5.98. The molecule has 2 aromatic rings. The number of aromatic nitrogens is 2. The van der Waals surface area contributed by atoms with E-state index in [1.165, 1.54) is 5.56 Å². The number of nitrogens with zero attached hydrogens (tertiary/aromatic N) is 2. The summed E-state index contributed by atoms with van der Waals surface area (Å²) in [6.07, 6.45) is 3.23. The van der Waals surface area contributed by atoms with Gasteiger partial charge in [-0.15, -0.1) is 11.3 Å². The van der Waals surface area contributed by atoms with Crippen molar-refractivity contribution in [3.05, 3.63) is 28.3 Å². The highest BCUT2D eigenvalue weighted by Crippen LogP contribution is 2.31. The molecule has 0 fully saturated rings. The number of anilines is 1. The minimum Gasteiger partial charge on any atom is -0.383 e. The molecule has 0 atom stereocenters. The van der Waals surface area contributed by atoms with E-state index in [2.05, 4.69) is 28.3 Å². The lowest BCUT2D eigenvalue weighted by molar-refractivity contribution is 0.900. The van der Waals surface area contributed by atoms with Gasteiger partial charge in [-0.1, -0.05) is 0 Å². The van der Waals surface area contributed by atoms with E-state index in [1.54, 1.807) is 11.3 Å². The fourth-order valence-corrected chi connectivity index (χ4v) is 3.02. The van der Waals surface area contributed by atoms with E-state index in [0.29, 0.717) is 5.82 Å². The lowest BCUT2D eigenvalue weighted by atomic mass is 10.2. The first-order valence-electron chi connectivity index (χ1n) is 5.45. The largest absolute Gasteiger partial charge is 0.383 e. The van der Waals surface area contributed by atoms with Crippen molar-refractivity contribution < 1.29 is 0 Å². The van der Waals surface area contributed by atoms with Gasteiger partial charge in [0.05, 0.1) is 4.88 Å². The van der Waals surface area contributed by atoms with Gasteiger partial charge < -0.3 is 5.73 Å². The van der Waals surface area contributed by atoms with Gasteiger partial charge in [0.2, 0.25) is 0 Å². The van der Waals surface area contributed by atoms with Crippen LogP contribution in [0.25, 0.3) is 10.7 Å². The van der Waals surface area contributed by atoms with Gasteiger partial charge in [0.25, 0.3) is 0 Å². The average Bonchev–Trinajstić information content (AvgIpc) is 2.85. The molecule has 3 rings (SSSR count). The van der Waals surface area contributed by atoms with Crippen molar-refractivity contribution in [2.45, 2.75) is 26.2 Å². The van der Waals surface area contributed by atoms with E-state index in [-0.39, 0.29) is 0 Å². The highest BCUT2D eigenvalue weighted by atomic mass is 32.1. The van der Waals surface area contributed by atoms with E-state index < -0.39 is 0 Å². The van der Waals surface area contributed by atoms with Crippen LogP contribution in [0.15, 0.2) is 11.4 Å². The van der Waals surface area contributed by atoms with Crippen molar-refractivity contribution in [1.29, 1.82) is 0 Å². The van der Waals surface area contributed by atoms with E-state index in [1.807, 2.05) is 0 Å². The summed E-state index contributed by atoms with van der Waals surface area (Å²) in [6, 6.07) is 2.09. The second-order valence-corrected chi connectivity index (χ2v) is 5.06. The van der Waals surface area contributed by atoms with Gasteiger partial charge in [-0.2, -0.15) is 0 Å². The van der Waals surface area contributed by atoms with Crippen LogP contribution in [0, 0.1) is 6.92 Å². The Kier molecular flexibility index (Phi) is 2.17. The average molecular weight is 231 g/mol. The zero-order chi connectivity index (χ0) is 11.1. The Labute approximate surface area is 98.4 Å². The first kappa shape index (κ1) is 9.78. The molecule has 0 amide bonds. The minimum atomic E-state index is 0.672. The van der Waals surface area contributed by atoms with Crippen molar-refractivity contribution >= 4 is 17.2 Å². The highest BCUT2D eigenvalue weighted by Gasteiger charge is 2.19. The summed E-state index contributed by atoms with van der Waals surface area (Å²) in [6.45, 7) is 2.08. The van der Waals surface area contributed by atoms with E-state index in [4.69, 9.17) is 5.73 Å². The molecule has 82 valence electrons. The van der Waals surface area contributed by atoms with Crippen LogP contribution in [0.2, 0.25) is 0 Å². The number of nitrogens with two attached hydrogens (primary N) is 1. The quantitative estimate of drug-likeness (QED) is 0.820. The van der Waals surface area contributed by atoms with Crippen molar-refractivity contribution in [3.63, 3.8) is 0 Å². The van der Waals surface area contributed by atoms with E-state index >= 15 is 0 Å². The molecule has 1 aliphatic rings. The zero-order valence-electron chi connectivity index (χ0n) is 9.16. The van der Waals surface area contributed by atoms with Crippen LogP contribution in [-0.2, 0) is 12.8 Å². The molecule has 0 radical (unpaired) electrons. The summed E-state index contributed by atoms with van der Waals surface area (Å²) >= 11 is 1.68. The Balaban J connectivity index is 2.17. The number of thiophene rings is 1. The minimum absolute atomic E-state index is 0.672. The highest BCUT2D eigenvalue weighted by molar-refractivity contribution is 7.13. The first-order valence-corrected chi connectivity index (χ1v) is 6.33. The van der Waals surface area contributed by atoms with Gasteiger partial charge in [0.1, 0.15) is 5.82 Å². The SMILES string of the molecule is Cc1ccsc1-c1nc(N)c2c(n1)CCC2. The molecule has 0 saturated carbocycles. The molecule has 0 saturated heterocycles. The number of fused-ring (bicyclic) bond motifs is 1. The molecular weight excluding hydrogens is 218 g/mol. The predicted molar refractivity (Wildman–Crippen MR) is 66.5 cm³/mol. The normalized spacial score (nSPS) is 14.1. The molecule has 0 aromatic carbocycles. The Hall–Kier alpha value is -1.42. The molecular formula is C12H13N3S. The molecule has 0 unspecified atom stereocenters. The van der Waals surface area contributed by atoms with Gasteiger partial charge in [-0.25, -0.2) is 9.97 Å². The molecule has 2 heterocycles. The van der Waals surface area contributed by atoms with Gasteiger partial charge in [0, 0.05) is 11.3 Å². The lowest BCUT2D eigenvalue weighted by Crippen LogP contribution is -2.02. The summed E-state index contributed by atoms with van der Waals surface area (Å²) < 4.78 is 0. The predicted octanol–water partition coefficient (Wildman–Crippen LogP) is 2.58. The van der Waals surface area contributed by atoms with Crippen LogP contribution in [0.5, 0.6) is 0 Å². The van der Waals surface area contributed by atoms with Crippen LogP contribution in [0.3, 0.4) is 0 Å². The molecule has 2 N–H and O–H groups in total. The summed E-state index contributed by atoms with van der Waals surface area (Å²) in [5.74, 6) is 1.47. The van der Waals surface area contributed by atoms with E-state index in [9.17, 15) is 0 Å². The number of hydrogen-bond acceptors (Lipinski definition) is 4. The molecule has 3 nitrogen and oxygen atoms in total. The molecule has 2 aromatic heterocycles. The van der Waals surface area contributed by atoms with Crippen molar-refractivity contribution in [3.8, 4) is 10.7 Å². The van der Waals surface area contributed by atoms with Crippen LogP contribution in [0.4, 0.5) is 5.82 Å². The van der Waals surface area contributed by atoms with Gasteiger partial charge in [-0.05, 0) is 43.2 Å². The third-order valence-electron chi connectivity index (χ3n) is 3.03. The van der Waals surface area contributed by atoms with Crippen molar-refractivity contribution in [1.82, 2.24) is 9.97 Å². The molecule has 0 aliphatic heterocycles. The van der Waals surface area contributed by atoms with Crippen molar-refractivity contribution in [2.24, 2.45) is 0 Å². The second kappa shape index (κ2) is 3.56. The maximum atomic E-state index is 5.98. The maximum Gasteiger partial charge on any atom is 0.172 e. The summed E-state index contributed by atoms with van der Waals surface area (Å²) in [5, 5.41) is 2.07. The molecule has 1 aliphatic carbocycles. The summed E-state index contributed by atoms with van der Waals surface area (Å²) in [5.41, 5.74) is 9.52. The van der Waals surface area contributed by atoms with E-state index in [0.717, 1.165) is 41.2 Å². The second-order valence-electron chi connectivity index (χ2n) is 4.14. The first-order chi connectivity index (χ1) is 7.75. The van der Waals surface area contributed by atoms with Crippen molar-refractivity contribution in [2.75, 3.05) is 5.73 Å². The number of rotatable bonds is 1. The topological polar surface area (TPSA) is 51.8 Å². The monoisotopic (exact) mass is 231 g/mol. The molecule has 4 heteroatoms. The third-order valence-corrected chi connectivity index (χ3v) is 4.04. The zero-order valence-corrected chi connectivity index (χ0v) is 9.97. The molecule has 0 bridgehead atoms. The van der Waals surface area contributed by atoms with Crippen LogP contribution in [-0.4, -0.2) is 9.97 Å². The lowest BCUT2D eigenvalue weighted by Gasteiger charge is -2.05. The number of hydrogen-bond donors (Lipinski definition) is 1. The van der Waals surface area contributed by atoms with Crippen LogP contribution < -0.4 is 5.73 Å². The van der Waals surface area contributed by atoms with Gasteiger partial charge in [-0.3, -0.25) is 0 Å². The third kappa shape index (κ3) is 1.41. The van der Waals surface area contributed by atoms with Crippen LogP contribution >= 0.6 is 11.3 Å². The van der Waals surface area contributed by atoms with Crippen LogP contribution in [0.1, 0.15) is 23.2 Å². The summed E-state index contributed by atoms with van der Waals surface area (Å²) in [4.78, 5) is 10.2. The Morgan fingerprint density at radius 1 is 1.31 bits per heavy atom. The number of aryl methyl sites for hydroxylation is 2. The molecule has 16 heavy (non-hydrogen) atoms.